The number of rotatable bonds is 5. The van der Waals surface area contributed by atoms with Gasteiger partial charge in [-0.3, -0.25) is 10.1 Å². The van der Waals surface area contributed by atoms with Crippen molar-refractivity contribution in [3.8, 4) is 0 Å². The van der Waals surface area contributed by atoms with Crippen LogP contribution in [0.3, 0.4) is 0 Å². The highest BCUT2D eigenvalue weighted by Gasteiger charge is 2.33. The van der Waals surface area contributed by atoms with Crippen LogP contribution in [0.2, 0.25) is 0 Å². The van der Waals surface area contributed by atoms with E-state index in [-0.39, 0.29) is 5.97 Å². The molecule has 1 fully saturated rings. The molecule has 0 saturated carbocycles. The fourth-order valence-electron chi connectivity index (χ4n) is 2.77. The fourth-order valence-corrected chi connectivity index (χ4v) is 2.77. The number of ether oxygens (including phenoxy) is 1. The molecular weight excluding hydrogens is 228 g/mol. The summed E-state index contributed by atoms with van der Waals surface area (Å²) in [5.41, 5.74) is -0.601. The van der Waals surface area contributed by atoms with Gasteiger partial charge in [0, 0.05) is 6.04 Å². The maximum atomic E-state index is 11.7. The average molecular weight is 256 g/mol. The van der Waals surface area contributed by atoms with Crippen molar-refractivity contribution in [3.05, 3.63) is 0 Å². The van der Waals surface area contributed by atoms with E-state index in [0.29, 0.717) is 12.0 Å². The molecule has 1 unspecified atom stereocenters. The van der Waals surface area contributed by atoms with Gasteiger partial charge in [-0.05, 0) is 59.2 Å². The van der Waals surface area contributed by atoms with Crippen LogP contribution in [0.25, 0.3) is 0 Å². The molecule has 1 atom stereocenters. The zero-order chi connectivity index (χ0) is 13.8. The summed E-state index contributed by atoms with van der Waals surface area (Å²) in [5, 5.41) is 3.42. The SMILES string of the molecule is CCN1CCC(C(C)NC(C)(C)C(=O)OC)CC1. The van der Waals surface area contributed by atoms with Crippen LogP contribution in [0, 0.1) is 5.92 Å². The van der Waals surface area contributed by atoms with Gasteiger partial charge in [-0.1, -0.05) is 6.92 Å². The molecule has 1 aliphatic heterocycles. The van der Waals surface area contributed by atoms with Gasteiger partial charge in [-0.2, -0.15) is 0 Å². The molecule has 0 aliphatic carbocycles. The molecule has 0 radical (unpaired) electrons. The zero-order valence-corrected chi connectivity index (χ0v) is 12.5. The first kappa shape index (κ1) is 15.4. The molecule has 0 aromatic carbocycles. The van der Waals surface area contributed by atoms with Crippen LogP contribution in [0.4, 0.5) is 0 Å². The Morgan fingerprint density at radius 3 is 2.44 bits per heavy atom. The third-order valence-corrected chi connectivity index (χ3v) is 4.07. The van der Waals surface area contributed by atoms with Gasteiger partial charge < -0.3 is 9.64 Å². The number of nitrogens with zero attached hydrogens (tertiary/aromatic N) is 1. The van der Waals surface area contributed by atoms with Gasteiger partial charge in [-0.25, -0.2) is 0 Å². The molecule has 4 nitrogen and oxygen atoms in total. The predicted octanol–water partition coefficient (Wildman–Crippen LogP) is 1.65. The molecule has 1 aliphatic rings. The largest absolute Gasteiger partial charge is 0.468 e. The Hall–Kier alpha value is -0.610. The second-order valence-electron chi connectivity index (χ2n) is 5.82. The van der Waals surface area contributed by atoms with E-state index in [9.17, 15) is 4.79 Å². The van der Waals surface area contributed by atoms with Crippen LogP contribution < -0.4 is 5.32 Å². The first-order chi connectivity index (χ1) is 8.40. The van der Waals surface area contributed by atoms with Gasteiger partial charge in [-0.15, -0.1) is 0 Å². The summed E-state index contributed by atoms with van der Waals surface area (Å²) in [6.07, 6.45) is 2.42. The molecule has 1 saturated heterocycles. The minimum Gasteiger partial charge on any atom is -0.468 e. The molecular formula is C14H28N2O2. The maximum Gasteiger partial charge on any atom is 0.325 e. The third kappa shape index (κ3) is 3.95. The number of hydrogen-bond donors (Lipinski definition) is 1. The van der Waals surface area contributed by atoms with Crippen molar-refractivity contribution in [1.82, 2.24) is 10.2 Å². The van der Waals surface area contributed by atoms with Gasteiger partial charge in [0.05, 0.1) is 7.11 Å². The van der Waals surface area contributed by atoms with E-state index in [1.54, 1.807) is 0 Å². The van der Waals surface area contributed by atoms with E-state index >= 15 is 0 Å². The predicted molar refractivity (Wildman–Crippen MR) is 73.5 cm³/mol. The van der Waals surface area contributed by atoms with E-state index in [4.69, 9.17) is 4.74 Å². The summed E-state index contributed by atoms with van der Waals surface area (Å²) in [7, 11) is 1.44. The normalized spacial score (nSPS) is 20.7. The molecule has 0 aromatic rings. The van der Waals surface area contributed by atoms with Gasteiger partial charge >= 0.3 is 5.97 Å². The number of carbonyl (C=O) groups excluding carboxylic acids is 1. The van der Waals surface area contributed by atoms with Crippen LogP contribution in [-0.2, 0) is 9.53 Å². The molecule has 0 aromatic heterocycles. The van der Waals surface area contributed by atoms with Crippen molar-refractivity contribution in [3.63, 3.8) is 0 Å². The summed E-state index contributed by atoms with van der Waals surface area (Å²) in [6, 6.07) is 0.345. The van der Waals surface area contributed by atoms with Gasteiger partial charge in [0.15, 0.2) is 0 Å². The van der Waals surface area contributed by atoms with Crippen LogP contribution in [-0.4, -0.2) is 49.2 Å². The zero-order valence-electron chi connectivity index (χ0n) is 12.5. The Morgan fingerprint density at radius 2 is 2.00 bits per heavy atom. The highest BCUT2D eigenvalue weighted by atomic mass is 16.5. The van der Waals surface area contributed by atoms with E-state index in [2.05, 4.69) is 24.1 Å². The molecule has 18 heavy (non-hydrogen) atoms. The molecule has 106 valence electrons. The molecule has 4 heteroatoms. The highest BCUT2D eigenvalue weighted by Crippen LogP contribution is 2.22. The summed E-state index contributed by atoms with van der Waals surface area (Å²) < 4.78 is 4.83. The number of hydrogen-bond acceptors (Lipinski definition) is 4. The monoisotopic (exact) mass is 256 g/mol. The Kier molecular flexibility index (Phi) is 5.60. The first-order valence-corrected chi connectivity index (χ1v) is 6.99. The lowest BCUT2D eigenvalue weighted by Crippen LogP contribution is -2.54. The van der Waals surface area contributed by atoms with E-state index < -0.39 is 5.54 Å². The van der Waals surface area contributed by atoms with Crippen molar-refractivity contribution in [2.45, 2.75) is 52.1 Å². The average Bonchev–Trinajstić information content (AvgIpc) is 2.37. The van der Waals surface area contributed by atoms with Crippen molar-refractivity contribution in [2.75, 3.05) is 26.7 Å². The lowest BCUT2D eigenvalue weighted by Gasteiger charge is -2.37. The number of nitrogens with one attached hydrogen (secondary N) is 1. The molecule has 1 rings (SSSR count). The Labute approximate surface area is 111 Å². The second-order valence-corrected chi connectivity index (χ2v) is 5.82. The van der Waals surface area contributed by atoms with E-state index in [1.807, 2.05) is 13.8 Å². The molecule has 0 bridgehead atoms. The van der Waals surface area contributed by atoms with Crippen molar-refractivity contribution in [1.29, 1.82) is 0 Å². The minimum atomic E-state index is -0.601. The summed E-state index contributed by atoms with van der Waals surface area (Å²) in [4.78, 5) is 14.1. The Morgan fingerprint density at radius 1 is 1.44 bits per heavy atom. The molecule has 1 N–H and O–H groups in total. The Bertz CT molecular complexity index is 271. The van der Waals surface area contributed by atoms with Crippen molar-refractivity contribution >= 4 is 5.97 Å². The standard InChI is InChI=1S/C14H28N2O2/c1-6-16-9-7-12(8-10-16)11(2)15-14(3,4)13(17)18-5/h11-12,15H,6-10H2,1-5H3. The number of esters is 1. The van der Waals surface area contributed by atoms with Crippen LogP contribution >= 0.6 is 0 Å². The quantitative estimate of drug-likeness (QED) is 0.759. The minimum absolute atomic E-state index is 0.194. The van der Waals surface area contributed by atoms with Crippen LogP contribution in [0.15, 0.2) is 0 Å². The summed E-state index contributed by atoms with van der Waals surface area (Å²) in [6.45, 7) is 11.6. The topological polar surface area (TPSA) is 41.6 Å². The maximum absolute atomic E-state index is 11.7. The molecule has 1 heterocycles. The number of methoxy groups -OCH3 is 1. The van der Waals surface area contributed by atoms with Crippen LogP contribution in [0.5, 0.6) is 0 Å². The number of piperidine rings is 1. The molecule has 0 spiro atoms. The van der Waals surface area contributed by atoms with Gasteiger partial charge in [0.1, 0.15) is 5.54 Å². The number of likely N-dealkylation sites (tertiary alicyclic amines) is 1. The second kappa shape index (κ2) is 6.53. The lowest BCUT2D eigenvalue weighted by atomic mass is 9.88. The number of carbonyl (C=O) groups is 1. The highest BCUT2D eigenvalue weighted by molar-refractivity contribution is 5.79. The lowest BCUT2D eigenvalue weighted by molar-refractivity contribution is -0.147. The van der Waals surface area contributed by atoms with E-state index in [0.717, 1.165) is 6.54 Å². The summed E-state index contributed by atoms with van der Waals surface area (Å²) >= 11 is 0. The first-order valence-electron chi connectivity index (χ1n) is 6.99. The van der Waals surface area contributed by atoms with Gasteiger partial charge in [0.2, 0.25) is 0 Å². The van der Waals surface area contributed by atoms with Gasteiger partial charge in [0.25, 0.3) is 0 Å². The Balaban J connectivity index is 2.46. The fraction of sp³-hybridized carbons (Fsp3) is 0.929. The smallest absolute Gasteiger partial charge is 0.325 e. The van der Waals surface area contributed by atoms with Crippen molar-refractivity contribution < 1.29 is 9.53 Å². The third-order valence-electron chi connectivity index (χ3n) is 4.07. The summed E-state index contributed by atoms with van der Waals surface area (Å²) in [5.74, 6) is 0.456. The van der Waals surface area contributed by atoms with Crippen LogP contribution in [0.1, 0.15) is 40.5 Å². The van der Waals surface area contributed by atoms with Crippen molar-refractivity contribution in [2.24, 2.45) is 5.92 Å². The molecule has 0 amide bonds. The van der Waals surface area contributed by atoms with E-state index in [1.165, 1.54) is 33.0 Å².